The molecule has 1 fully saturated rings. The molecule has 4 rings (SSSR count). The van der Waals surface area contributed by atoms with Crippen LogP contribution in [0.5, 0.6) is 5.75 Å². The van der Waals surface area contributed by atoms with E-state index in [4.69, 9.17) is 4.74 Å². The van der Waals surface area contributed by atoms with E-state index in [1.165, 1.54) is 29.2 Å². The van der Waals surface area contributed by atoms with Crippen molar-refractivity contribution in [3.05, 3.63) is 71.2 Å². The molecule has 1 N–H and O–H groups in total. The molecule has 2 heterocycles. The monoisotopic (exact) mass is 439 g/mol. The number of nitrogens with zero attached hydrogens (tertiary/aromatic N) is 3. The standard InChI is InChI=1S/C24H26FN3O4/c1-32-20-8-2-17(3-9-20)16-28-23(30)21(18-4-6-19(25)7-5-18)22(24(28)31)27-12-10-26(11-13-27)14-15-29/h2-9,29H,10-16H2,1H3. The lowest BCUT2D eigenvalue weighted by Crippen LogP contribution is -2.48. The zero-order valence-corrected chi connectivity index (χ0v) is 18.0. The van der Waals surface area contributed by atoms with Crippen LogP contribution in [0.15, 0.2) is 54.2 Å². The molecule has 0 aromatic heterocycles. The smallest absolute Gasteiger partial charge is 0.278 e. The molecule has 2 aromatic rings. The molecule has 0 atom stereocenters. The number of piperazine rings is 1. The SMILES string of the molecule is COc1ccc(CN2C(=O)C(c3ccc(F)cc3)=C(N3CCN(CCO)CC3)C2=O)cc1. The van der Waals surface area contributed by atoms with Gasteiger partial charge in [-0.05, 0) is 35.4 Å². The lowest BCUT2D eigenvalue weighted by Gasteiger charge is -2.36. The first-order chi connectivity index (χ1) is 15.5. The Balaban J connectivity index is 1.64. The molecule has 1 saturated heterocycles. The number of halogens is 1. The highest BCUT2D eigenvalue weighted by atomic mass is 19.1. The van der Waals surface area contributed by atoms with Gasteiger partial charge in [-0.15, -0.1) is 0 Å². The molecule has 0 aliphatic carbocycles. The van der Waals surface area contributed by atoms with E-state index in [9.17, 15) is 19.1 Å². The maximum Gasteiger partial charge on any atom is 0.278 e. The van der Waals surface area contributed by atoms with E-state index in [0.717, 1.165) is 5.56 Å². The number of amides is 2. The molecule has 2 aliphatic heterocycles. The van der Waals surface area contributed by atoms with Crippen molar-refractivity contribution in [2.45, 2.75) is 6.54 Å². The molecule has 2 amide bonds. The first-order valence-electron chi connectivity index (χ1n) is 10.6. The average Bonchev–Trinajstić information content (AvgIpc) is 3.06. The molecule has 168 valence electrons. The minimum absolute atomic E-state index is 0.0799. The van der Waals surface area contributed by atoms with Crippen LogP contribution in [0, 0.1) is 5.82 Å². The van der Waals surface area contributed by atoms with E-state index in [1.54, 1.807) is 19.2 Å². The average molecular weight is 439 g/mol. The van der Waals surface area contributed by atoms with Crippen molar-refractivity contribution in [2.75, 3.05) is 46.4 Å². The van der Waals surface area contributed by atoms with E-state index >= 15 is 0 Å². The summed E-state index contributed by atoms with van der Waals surface area (Å²) in [5.41, 5.74) is 1.99. The van der Waals surface area contributed by atoms with Gasteiger partial charge in [-0.2, -0.15) is 0 Å². The van der Waals surface area contributed by atoms with E-state index in [2.05, 4.69) is 4.90 Å². The Kier molecular flexibility index (Phi) is 6.53. The Morgan fingerprint density at radius 2 is 1.59 bits per heavy atom. The van der Waals surface area contributed by atoms with Crippen LogP contribution >= 0.6 is 0 Å². The molecule has 2 aliphatic rings. The number of hydrogen-bond donors (Lipinski definition) is 1. The lowest BCUT2D eigenvalue weighted by atomic mass is 10.0. The Morgan fingerprint density at radius 1 is 0.938 bits per heavy atom. The molecule has 0 spiro atoms. The summed E-state index contributed by atoms with van der Waals surface area (Å²) < 4.78 is 18.7. The third-order valence-corrected chi connectivity index (χ3v) is 5.88. The van der Waals surface area contributed by atoms with Crippen molar-refractivity contribution in [3.8, 4) is 5.75 Å². The summed E-state index contributed by atoms with van der Waals surface area (Å²) >= 11 is 0. The van der Waals surface area contributed by atoms with E-state index in [-0.39, 0.29) is 25.0 Å². The van der Waals surface area contributed by atoms with Crippen LogP contribution in [0.4, 0.5) is 4.39 Å². The van der Waals surface area contributed by atoms with Crippen LogP contribution in [0.2, 0.25) is 0 Å². The summed E-state index contributed by atoms with van der Waals surface area (Å²) in [6.07, 6.45) is 0. The predicted molar refractivity (Wildman–Crippen MR) is 117 cm³/mol. The lowest BCUT2D eigenvalue weighted by molar-refractivity contribution is -0.138. The van der Waals surface area contributed by atoms with Crippen LogP contribution in [0.1, 0.15) is 11.1 Å². The first-order valence-corrected chi connectivity index (χ1v) is 10.6. The van der Waals surface area contributed by atoms with Gasteiger partial charge < -0.3 is 14.7 Å². The molecule has 0 bridgehead atoms. The number of carbonyl (C=O) groups is 2. The van der Waals surface area contributed by atoms with Gasteiger partial charge in [0.25, 0.3) is 11.8 Å². The van der Waals surface area contributed by atoms with Gasteiger partial charge in [0.1, 0.15) is 17.3 Å². The number of β-amino-alcohol motifs (C(OH)–C–C–N with tert-alkyl or cyclic N) is 1. The third-order valence-electron chi connectivity index (χ3n) is 5.88. The second-order valence-corrected chi connectivity index (χ2v) is 7.83. The quantitative estimate of drug-likeness (QED) is 0.663. The number of rotatable bonds is 7. The molecule has 2 aromatic carbocycles. The number of benzene rings is 2. The van der Waals surface area contributed by atoms with Gasteiger partial charge in [-0.25, -0.2) is 4.39 Å². The zero-order valence-electron chi connectivity index (χ0n) is 18.0. The maximum atomic E-state index is 13.5. The minimum Gasteiger partial charge on any atom is -0.497 e. The van der Waals surface area contributed by atoms with Gasteiger partial charge in [0.15, 0.2) is 0 Å². The fourth-order valence-corrected chi connectivity index (χ4v) is 4.13. The second-order valence-electron chi connectivity index (χ2n) is 7.83. The maximum absolute atomic E-state index is 13.5. The van der Waals surface area contributed by atoms with Crippen molar-refractivity contribution in [1.82, 2.24) is 14.7 Å². The Labute approximate surface area is 186 Å². The fraction of sp³-hybridized carbons (Fsp3) is 0.333. The van der Waals surface area contributed by atoms with Crippen LogP contribution in [0.25, 0.3) is 5.57 Å². The molecule has 0 saturated carbocycles. The van der Waals surface area contributed by atoms with E-state index < -0.39 is 5.82 Å². The summed E-state index contributed by atoms with van der Waals surface area (Å²) in [6.45, 7) is 3.29. The largest absolute Gasteiger partial charge is 0.497 e. The van der Waals surface area contributed by atoms with Crippen molar-refractivity contribution in [1.29, 1.82) is 0 Å². The Hall–Kier alpha value is -3.23. The molecule has 8 heteroatoms. The number of imide groups is 1. The molecule has 32 heavy (non-hydrogen) atoms. The predicted octanol–water partition coefficient (Wildman–Crippen LogP) is 1.72. The normalized spacial score (nSPS) is 17.5. The van der Waals surface area contributed by atoms with Gasteiger partial charge >= 0.3 is 0 Å². The number of ether oxygens (including phenoxy) is 1. The number of carbonyl (C=O) groups excluding carboxylic acids is 2. The second kappa shape index (κ2) is 9.50. The topological polar surface area (TPSA) is 73.3 Å². The van der Waals surface area contributed by atoms with Crippen LogP contribution in [-0.2, 0) is 16.1 Å². The molecular weight excluding hydrogens is 413 g/mol. The highest BCUT2D eigenvalue weighted by Gasteiger charge is 2.42. The van der Waals surface area contributed by atoms with Gasteiger partial charge in [0.2, 0.25) is 0 Å². The van der Waals surface area contributed by atoms with Crippen molar-refractivity contribution >= 4 is 17.4 Å². The zero-order chi connectivity index (χ0) is 22.7. The van der Waals surface area contributed by atoms with Crippen LogP contribution in [0.3, 0.4) is 0 Å². The molecule has 0 radical (unpaired) electrons. The molecular formula is C24H26FN3O4. The van der Waals surface area contributed by atoms with E-state index in [0.29, 0.717) is 55.3 Å². The Morgan fingerprint density at radius 3 is 2.19 bits per heavy atom. The number of hydrogen-bond acceptors (Lipinski definition) is 6. The summed E-state index contributed by atoms with van der Waals surface area (Å²) in [5.74, 6) is -0.439. The van der Waals surface area contributed by atoms with Gasteiger partial charge in [0, 0.05) is 32.7 Å². The highest BCUT2D eigenvalue weighted by Crippen LogP contribution is 2.33. The van der Waals surface area contributed by atoms with Crippen LogP contribution < -0.4 is 4.74 Å². The van der Waals surface area contributed by atoms with Crippen molar-refractivity contribution < 1.29 is 23.8 Å². The number of methoxy groups -OCH3 is 1. The van der Waals surface area contributed by atoms with Crippen LogP contribution in [-0.4, -0.2) is 78.1 Å². The van der Waals surface area contributed by atoms with Gasteiger partial charge in [-0.3, -0.25) is 19.4 Å². The van der Waals surface area contributed by atoms with Crippen molar-refractivity contribution in [3.63, 3.8) is 0 Å². The van der Waals surface area contributed by atoms with E-state index in [1.807, 2.05) is 17.0 Å². The number of aliphatic hydroxyl groups is 1. The fourth-order valence-electron chi connectivity index (χ4n) is 4.13. The summed E-state index contributed by atoms with van der Waals surface area (Å²) in [4.78, 5) is 32.2. The summed E-state index contributed by atoms with van der Waals surface area (Å²) in [6, 6.07) is 12.9. The summed E-state index contributed by atoms with van der Waals surface area (Å²) in [7, 11) is 1.58. The third kappa shape index (κ3) is 4.37. The van der Waals surface area contributed by atoms with Crippen molar-refractivity contribution in [2.24, 2.45) is 0 Å². The van der Waals surface area contributed by atoms with Gasteiger partial charge in [-0.1, -0.05) is 24.3 Å². The number of aliphatic hydroxyl groups excluding tert-OH is 1. The van der Waals surface area contributed by atoms with Gasteiger partial charge in [0.05, 0.1) is 25.8 Å². The Bertz CT molecular complexity index is 1010. The summed E-state index contributed by atoms with van der Waals surface area (Å²) in [5, 5.41) is 9.19. The highest BCUT2D eigenvalue weighted by molar-refractivity contribution is 6.35. The molecule has 0 unspecified atom stereocenters. The molecule has 7 nitrogen and oxygen atoms in total. The first kappa shape index (κ1) is 22.0. The minimum atomic E-state index is -0.402.